The van der Waals surface area contributed by atoms with Gasteiger partial charge in [0, 0.05) is 25.9 Å². The fourth-order valence-corrected chi connectivity index (χ4v) is 1.23. The molecule has 1 atom stereocenters. The third-order valence-electron chi connectivity index (χ3n) is 2.21. The van der Waals surface area contributed by atoms with Crippen LogP contribution in [-0.2, 0) is 11.8 Å². The van der Waals surface area contributed by atoms with Crippen molar-refractivity contribution < 1.29 is 4.79 Å². The Hall–Kier alpha value is -1.32. The quantitative estimate of drug-likeness (QED) is 0.691. The van der Waals surface area contributed by atoms with Crippen molar-refractivity contribution in [3.05, 3.63) is 22.9 Å². The van der Waals surface area contributed by atoms with Crippen molar-refractivity contribution in [3.63, 3.8) is 0 Å². The molecule has 4 heteroatoms. The molecule has 0 aliphatic carbocycles. The zero-order valence-electron chi connectivity index (χ0n) is 8.15. The van der Waals surface area contributed by atoms with Gasteiger partial charge in [-0.25, -0.2) is 4.79 Å². The smallest absolute Gasteiger partial charge is 0.302 e. The molecule has 0 saturated heterocycles. The van der Waals surface area contributed by atoms with Crippen LogP contribution in [0.2, 0.25) is 0 Å². The molecule has 0 fully saturated rings. The van der Waals surface area contributed by atoms with Gasteiger partial charge >= 0.3 is 5.69 Å². The number of aromatic nitrogens is 2. The standard InChI is InChI=1S/C9H14N2O2/c1-4-8(12)7(2)11-6-5-10(3)9(11)13/h5-7H,4H2,1-3H3. The van der Waals surface area contributed by atoms with Crippen molar-refractivity contribution in [2.45, 2.75) is 26.3 Å². The average molecular weight is 182 g/mol. The largest absolute Gasteiger partial charge is 0.328 e. The monoisotopic (exact) mass is 182 g/mol. The molecule has 72 valence electrons. The molecule has 1 aromatic heterocycles. The van der Waals surface area contributed by atoms with Crippen LogP contribution in [-0.4, -0.2) is 14.9 Å². The van der Waals surface area contributed by atoms with E-state index in [-0.39, 0.29) is 17.5 Å². The molecule has 0 radical (unpaired) electrons. The molecule has 1 rings (SSSR count). The minimum Gasteiger partial charge on any atom is -0.302 e. The maximum atomic E-state index is 11.4. The molecule has 0 bridgehead atoms. The fourth-order valence-electron chi connectivity index (χ4n) is 1.23. The average Bonchev–Trinajstić information content (AvgIpc) is 2.45. The van der Waals surface area contributed by atoms with Crippen molar-refractivity contribution >= 4 is 5.78 Å². The molecule has 1 unspecified atom stereocenters. The van der Waals surface area contributed by atoms with Crippen LogP contribution in [0.3, 0.4) is 0 Å². The summed E-state index contributed by atoms with van der Waals surface area (Å²) in [5, 5.41) is 0. The van der Waals surface area contributed by atoms with Gasteiger partial charge in [0.1, 0.15) is 0 Å². The lowest BCUT2D eigenvalue weighted by Crippen LogP contribution is -2.28. The molecule has 13 heavy (non-hydrogen) atoms. The van der Waals surface area contributed by atoms with Crippen LogP contribution in [0, 0.1) is 0 Å². The maximum Gasteiger partial charge on any atom is 0.328 e. The number of ketones is 1. The highest BCUT2D eigenvalue weighted by atomic mass is 16.2. The molecule has 0 N–H and O–H groups in total. The first kappa shape index (κ1) is 9.77. The van der Waals surface area contributed by atoms with E-state index in [1.54, 1.807) is 33.3 Å². The van der Waals surface area contributed by atoms with E-state index >= 15 is 0 Å². The Morgan fingerprint density at radius 3 is 2.54 bits per heavy atom. The summed E-state index contributed by atoms with van der Waals surface area (Å²) in [6.45, 7) is 3.54. The van der Waals surface area contributed by atoms with E-state index in [4.69, 9.17) is 0 Å². The van der Waals surface area contributed by atoms with Gasteiger partial charge in [-0.1, -0.05) is 6.92 Å². The van der Waals surface area contributed by atoms with E-state index in [2.05, 4.69) is 0 Å². The summed E-state index contributed by atoms with van der Waals surface area (Å²) in [7, 11) is 1.67. The number of hydrogen-bond donors (Lipinski definition) is 0. The van der Waals surface area contributed by atoms with Crippen LogP contribution in [0.5, 0.6) is 0 Å². The molecule has 1 aromatic rings. The van der Waals surface area contributed by atoms with Crippen molar-refractivity contribution in [1.82, 2.24) is 9.13 Å². The van der Waals surface area contributed by atoms with Crippen molar-refractivity contribution in [2.75, 3.05) is 0 Å². The number of nitrogens with zero attached hydrogens (tertiary/aromatic N) is 2. The zero-order chi connectivity index (χ0) is 10.0. The van der Waals surface area contributed by atoms with E-state index in [1.807, 2.05) is 0 Å². The van der Waals surface area contributed by atoms with Gasteiger partial charge in [-0.3, -0.25) is 9.36 Å². The van der Waals surface area contributed by atoms with E-state index in [0.29, 0.717) is 6.42 Å². The van der Waals surface area contributed by atoms with Crippen molar-refractivity contribution in [2.24, 2.45) is 7.05 Å². The number of carbonyl (C=O) groups is 1. The van der Waals surface area contributed by atoms with Gasteiger partial charge < -0.3 is 4.57 Å². The van der Waals surface area contributed by atoms with Crippen molar-refractivity contribution in [1.29, 1.82) is 0 Å². The van der Waals surface area contributed by atoms with Crippen LogP contribution in [0.4, 0.5) is 0 Å². The Balaban J connectivity index is 3.02. The predicted octanol–water partition coefficient (Wildman–Crippen LogP) is 0.727. The first-order valence-electron chi connectivity index (χ1n) is 4.34. The number of aryl methyl sites for hydroxylation is 1. The zero-order valence-corrected chi connectivity index (χ0v) is 8.15. The molecular formula is C9H14N2O2. The molecule has 4 nitrogen and oxygen atoms in total. The minimum absolute atomic E-state index is 0.0771. The van der Waals surface area contributed by atoms with Crippen LogP contribution in [0.25, 0.3) is 0 Å². The van der Waals surface area contributed by atoms with Gasteiger partial charge in [0.15, 0.2) is 5.78 Å². The Labute approximate surface area is 76.8 Å². The van der Waals surface area contributed by atoms with Gasteiger partial charge in [-0.15, -0.1) is 0 Å². The first-order valence-corrected chi connectivity index (χ1v) is 4.34. The topological polar surface area (TPSA) is 44.0 Å². The molecule has 0 spiro atoms. The number of carbonyl (C=O) groups excluding carboxylic acids is 1. The van der Waals surface area contributed by atoms with Crippen LogP contribution in [0.15, 0.2) is 17.2 Å². The number of rotatable bonds is 3. The molecule has 0 aliphatic rings. The Morgan fingerprint density at radius 2 is 2.15 bits per heavy atom. The highest BCUT2D eigenvalue weighted by Crippen LogP contribution is 2.05. The molecule has 0 saturated carbocycles. The second-order valence-corrected chi connectivity index (χ2v) is 3.09. The second kappa shape index (κ2) is 3.60. The van der Waals surface area contributed by atoms with E-state index < -0.39 is 0 Å². The summed E-state index contributed by atoms with van der Waals surface area (Å²) < 4.78 is 2.91. The number of imidazole rings is 1. The summed E-state index contributed by atoms with van der Waals surface area (Å²) in [5.41, 5.74) is -0.144. The summed E-state index contributed by atoms with van der Waals surface area (Å²) in [4.78, 5) is 22.7. The highest BCUT2D eigenvalue weighted by molar-refractivity contribution is 5.81. The van der Waals surface area contributed by atoms with E-state index in [9.17, 15) is 9.59 Å². The Bertz CT molecular complexity index is 362. The van der Waals surface area contributed by atoms with Gasteiger partial charge in [-0.2, -0.15) is 0 Å². The minimum atomic E-state index is -0.348. The molecule has 0 amide bonds. The molecule has 0 aliphatic heterocycles. The number of Topliss-reactive ketones (excluding diaryl/α,β-unsaturated/α-hetero) is 1. The predicted molar refractivity (Wildman–Crippen MR) is 49.7 cm³/mol. The highest BCUT2D eigenvalue weighted by Gasteiger charge is 2.14. The Morgan fingerprint density at radius 1 is 1.54 bits per heavy atom. The van der Waals surface area contributed by atoms with E-state index in [0.717, 1.165) is 0 Å². The van der Waals surface area contributed by atoms with Crippen LogP contribution >= 0.6 is 0 Å². The molecular weight excluding hydrogens is 168 g/mol. The normalized spacial score (nSPS) is 12.8. The van der Waals surface area contributed by atoms with Crippen molar-refractivity contribution in [3.8, 4) is 0 Å². The van der Waals surface area contributed by atoms with Crippen LogP contribution < -0.4 is 5.69 Å². The summed E-state index contributed by atoms with van der Waals surface area (Å²) in [5.74, 6) is 0.0771. The van der Waals surface area contributed by atoms with Gasteiger partial charge in [0.25, 0.3) is 0 Å². The fraction of sp³-hybridized carbons (Fsp3) is 0.556. The molecule has 0 aromatic carbocycles. The maximum absolute atomic E-state index is 11.4. The van der Waals surface area contributed by atoms with Gasteiger partial charge in [0.2, 0.25) is 0 Å². The summed E-state index contributed by atoms with van der Waals surface area (Å²) in [6.07, 6.45) is 3.75. The molecule has 1 heterocycles. The second-order valence-electron chi connectivity index (χ2n) is 3.09. The van der Waals surface area contributed by atoms with Gasteiger partial charge in [-0.05, 0) is 6.92 Å². The summed E-state index contributed by atoms with van der Waals surface area (Å²) in [6, 6.07) is -0.348. The number of hydrogen-bond acceptors (Lipinski definition) is 2. The van der Waals surface area contributed by atoms with Gasteiger partial charge in [0.05, 0.1) is 6.04 Å². The third kappa shape index (κ3) is 1.71. The third-order valence-corrected chi connectivity index (χ3v) is 2.21. The SMILES string of the molecule is CCC(=O)C(C)n1ccn(C)c1=O. The summed E-state index contributed by atoms with van der Waals surface area (Å²) >= 11 is 0. The van der Waals surface area contributed by atoms with Crippen LogP contribution in [0.1, 0.15) is 26.3 Å². The van der Waals surface area contributed by atoms with E-state index in [1.165, 1.54) is 9.13 Å². The lowest BCUT2D eigenvalue weighted by atomic mass is 10.2. The lowest BCUT2D eigenvalue weighted by Gasteiger charge is -2.08. The Kier molecular flexibility index (Phi) is 2.70. The lowest BCUT2D eigenvalue weighted by molar-refractivity contribution is -0.121. The first-order chi connectivity index (χ1) is 6.07.